The third kappa shape index (κ3) is 3.02. The molecule has 3 heteroatoms. The van der Waals surface area contributed by atoms with Crippen molar-refractivity contribution >= 4 is 27.5 Å². The lowest BCUT2D eigenvalue weighted by Gasteiger charge is -2.12. The Morgan fingerprint density at radius 2 is 1.82 bits per heavy atom. The highest BCUT2D eigenvalue weighted by Gasteiger charge is 2.08. The lowest BCUT2D eigenvalue weighted by atomic mass is 10.2. The summed E-state index contributed by atoms with van der Waals surface area (Å²) in [6.45, 7) is 2.49. The normalized spacial score (nSPS) is 10.3. The summed E-state index contributed by atoms with van der Waals surface area (Å²) >= 11 is 9.54. The lowest BCUT2D eigenvalue weighted by Crippen LogP contribution is -1.97. The quantitative estimate of drug-likeness (QED) is 0.776. The molecule has 0 spiro atoms. The van der Waals surface area contributed by atoms with Gasteiger partial charge in [0.05, 0.1) is 4.47 Å². The van der Waals surface area contributed by atoms with Crippen LogP contribution in [0.4, 0.5) is 0 Å². The zero-order chi connectivity index (χ0) is 12.3. The van der Waals surface area contributed by atoms with Crippen molar-refractivity contribution in [2.75, 3.05) is 0 Å². The Hall–Kier alpha value is -0.990. The minimum atomic E-state index is 0.542. The van der Waals surface area contributed by atoms with Crippen LogP contribution in [0.15, 0.2) is 46.9 Å². The molecule has 2 aromatic rings. The predicted octanol–water partition coefficient (Wildman–Crippen LogP) is 4.99. The molecule has 0 bridgehead atoms. The van der Waals surface area contributed by atoms with Gasteiger partial charge in [0.15, 0.2) is 0 Å². The van der Waals surface area contributed by atoms with Crippen molar-refractivity contribution in [3.8, 4) is 5.75 Å². The summed E-state index contributed by atoms with van der Waals surface area (Å²) in [5.74, 6) is 0.807. The highest BCUT2D eigenvalue weighted by atomic mass is 79.9. The van der Waals surface area contributed by atoms with Gasteiger partial charge < -0.3 is 4.74 Å². The Balaban J connectivity index is 2.17. The molecule has 0 fully saturated rings. The number of rotatable bonds is 3. The van der Waals surface area contributed by atoms with Crippen LogP contribution in [0, 0.1) is 6.92 Å². The van der Waals surface area contributed by atoms with Gasteiger partial charge in [0.1, 0.15) is 12.4 Å². The Morgan fingerprint density at radius 1 is 1.12 bits per heavy atom. The molecule has 0 atom stereocenters. The Morgan fingerprint density at radius 3 is 2.53 bits per heavy atom. The molecule has 0 radical (unpaired) electrons. The van der Waals surface area contributed by atoms with Gasteiger partial charge >= 0.3 is 0 Å². The van der Waals surface area contributed by atoms with Crippen molar-refractivity contribution in [2.24, 2.45) is 0 Å². The van der Waals surface area contributed by atoms with Crippen LogP contribution in [0.25, 0.3) is 0 Å². The highest BCUT2D eigenvalue weighted by molar-refractivity contribution is 9.10. The number of benzene rings is 2. The number of hydrogen-bond donors (Lipinski definition) is 0. The average molecular weight is 312 g/mol. The molecule has 0 amide bonds. The second-order valence-corrected chi connectivity index (χ2v) is 5.02. The largest absolute Gasteiger partial charge is 0.487 e. The van der Waals surface area contributed by atoms with Gasteiger partial charge in [-0.05, 0) is 40.5 Å². The van der Waals surface area contributed by atoms with Crippen LogP contribution >= 0.6 is 27.5 Å². The Kier molecular flexibility index (Phi) is 4.08. The van der Waals surface area contributed by atoms with Gasteiger partial charge in [-0.3, -0.25) is 0 Å². The van der Waals surface area contributed by atoms with E-state index in [1.165, 1.54) is 0 Å². The molecule has 0 aliphatic rings. The van der Waals surface area contributed by atoms with Crippen LogP contribution in [-0.4, -0.2) is 0 Å². The Bertz CT molecular complexity index is 511. The number of ether oxygens (including phenoxy) is 1. The van der Waals surface area contributed by atoms with E-state index in [0.29, 0.717) is 6.61 Å². The van der Waals surface area contributed by atoms with E-state index in [9.17, 15) is 0 Å². The van der Waals surface area contributed by atoms with Gasteiger partial charge in [0.25, 0.3) is 0 Å². The maximum absolute atomic E-state index is 6.07. The molecular weight excluding hydrogens is 300 g/mol. The van der Waals surface area contributed by atoms with Gasteiger partial charge in [-0.1, -0.05) is 41.9 Å². The van der Waals surface area contributed by atoms with Gasteiger partial charge in [0.2, 0.25) is 0 Å². The molecule has 2 aromatic carbocycles. The summed E-state index contributed by atoms with van der Waals surface area (Å²) in [7, 11) is 0. The van der Waals surface area contributed by atoms with Crippen molar-refractivity contribution in [1.82, 2.24) is 0 Å². The first-order valence-electron chi connectivity index (χ1n) is 5.30. The monoisotopic (exact) mass is 310 g/mol. The van der Waals surface area contributed by atoms with Crippen molar-refractivity contribution in [1.29, 1.82) is 0 Å². The first-order chi connectivity index (χ1) is 8.18. The second kappa shape index (κ2) is 5.56. The summed E-state index contributed by atoms with van der Waals surface area (Å²) in [6, 6.07) is 13.8. The molecule has 1 nitrogen and oxygen atoms in total. The number of halogens is 2. The van der Waals surface area contributed by atoms with Crippen LogP contribution in [-0.2, 0) is 6.61 Å². The SMILES string of the molecule is Cc1c(Cl)ccc(Br)c1OCc1ccccc1. The zero-order valence-electron chi connectivity index (χ0n) is 9.41. The van der Waals surface area contributed by atoms with Gasteiger partial charge in [0, 0.05) is 10.6 Å². The molecular formula is C14H12BrClO. The number of hydrogen-bond acceptors (Lipinski definition) is 1. The first-order valence-corrected chi connectivity index (χ1v) is 6.47. The fourth-order valence-corrected chi connectivity index (χ4v) is 2.23. The molecule has 88 valence electrons. The molecule has 0 aliphatic heterocycles. The first kappa shape index (κ1) is 12.5. The third-order valence-corrected chi connectivity index (χ3v) is 3.55. The van der Waals surface area contributed by atoms with Crippen molar-refractivity contribution < 1.29 is 4.74 Å². The van der Waals surface area contributed by atoms with Crippen molar-refractivity contribution in [3.63, 3.8) is 0 Å². The average Bonchev–Trinajstić information content (AvgIpc) is 2.35. The van der Waals surface area contributed by atoms with Crippen molar-refractivity contribution in [3.05, 3.63) is 63.1 Å². The van der Waals surface area contributed by atoms with Crippen molar-refractivity contribution in [2.45, 2.75) is 13.5 Å². The summed E-state index contributed by atoms with van der Waals surface area (Å²) < 4.78 is 6.73. The third-order valence-electron chi connectivity index (χ3n) is 2.52. The van der Waals surface area contributed by atoms with E-state index in [2.05, 4.69) is 15.9 Å². The molecule has 2 rings (SSSR count). The van der Waals surface area contributed by atoms with Crippen LogP contribution in [0.1, 0.15) is 11.1 Å². The topological polar surface area (TPSA) is 9.23 Å². The zero-order valence-corrected chi connectivity index (χ0v) is 11.8. The van der Waals surface area contributed by atoms with E-state index in [1.54, 1.807) is 0 Å². The smallest absolute Gasteiger partial charge is 0.138 e. The molecule has 0 aliphatic carbocycles. The summed E-state index contributed by atoms with van der Waals surface area (Å²) in [5.41, 5.74) is 2.09. The van der Waals surface area contributed by atoms with Crippen LogP contribution in [0.2, 0.25) is 5.02 Å². The highest BCUT2D eigenvalue weighted by Crippen LogP contribution is 2.33. The van der Waals surface area contributed by atoms with Crippen LogP contribution in [0.3, 0.4) is 0 Å². The lowest BCUT2D eigenvalue weighted by molar-refractivity contribution is 0.302. The summed E-state index contributed by atoms with van der Waals surface area (Å²) in [5, 5.41) is 0.719. The molecule has 0 saturated heterocycles. The van der Waals surface area contributed by atoms with Crippen LogP contribution < -0.4 is 4.74 Å². The molecule has 17 heavy (non-hydrogen) atoms. The van der Waals surface area contributed by atoms with E-state index < -0.39 is 0 Å². The van der Waals surface area contributed by atoms with Crippen LogP contribution in [0.5, 0.6) is 5.75 Å². The van der Waals surface area contributed by atoms with Gasteiger partial charge in [-0.25, -0.2) is 0 Å². The summed E-state index contributed by atoms with van der Waals surface area (Å²) in [4.78, 5) is 0. The standard InChI is InChI=1S/C14H12BrClO/c1-10-13(16)8-7-12(15)14(10)17-9-11-5-3-2-4-6-11/h2-8H,9H2,1H3. The van der Waals surface area contributed by atoms with E-state index in [4.69, 9.17) is 16.3 Å². The fourth-order valence-electron chi connectivity index (χ4n) is 1.54. The molecule has 0 heterocycles. The minimum Gasteiger partial charge on any atom is -0.487 e. The van der Waals surface area contributed by atoms with Gasteiger partial charge in [-0.2, -0.15) is 0 Å². The maximum Gasteiger partial charge on any atom is 0.138 e. The van der Waals surface area contributed by atoms with E-state index in [1.807, 2.05) is 49.4 Å². The fraction of sp³-hybridized carbons (Fsp3) is 0.143. The second-order valence-electron chi connectivity index (χ2n) is 3.76. The molecule has 0 saturated carbocycles. The predicted molar refractivity (Wildman–Crippen MR) is 74.7 cm³/mol. The maximum atomic E-state index is 6.07. The Labute approximate surface area is 115 Å². The molecule has 0 unspecified atom stereocenters. The van der Waals surface area contributed by atoms with E-state index >= 15 is 0 Å². The molecule has 0 N–H and O–H groups in total. The van der Waals surface area contributed by atoms with Gasteiger partial charge in [-0.15, -0.1) is 0 Å². The summed E-state index contributed by atoms with van der Waals surface area (Å²) in [6.07, 6.45) is 0. The van der Waals surface area contributed by atoms with E-state index in [0.717, 1.165) is 26.4 Å². The van der Waals surface area contributed by atoms with E-state index in [-0.39, 0.29) is 0 Å². The molecule has 0 aromatic heterocycles. The minimum absolute atomic E-state index is 0.542.